The van der Waals surface area contributed by atoms with Crippen LogP contribution in [-0.4, -0.2) is 31.1 Å². The molecule has 0 spiro atoms. The van der Waals surface area contributed by atoms with Gasteiger partial charge < -0.3 is 14.2 Å². The minimum atomic E-state index is -1.23. The molecule has 0 aliphatic carbocycles. The van der Waals surface area contributed by atoms with Crippen molar-refractivity contribution in [3.8, 4) is 5.75 Å². The molecular formula is C14H15NO5. The van der Waals surface area contributed by atoms with Crippen LogP contribution in [0.2, 0.25) is 0 Å². The molecule has 1 fully saturated rings. The molecule has 106 valence electrons. The van der Waals surface area contributed by atoms with Crippen LogP contribution in [0.1, 0.15) is 13.8 Å². The third-order valence-electron chi connectivity index (χ3n) is 2.63. The summed E-state index contributed by atoms with van der Waals surface area (Å²) in [6.45, 7) is 3.00. The molecule has 2 rings (SSSR count). The van der Waals surface area contributed by atoms with Gasteiger partial charge in [-0.15, -0.1) is 0 Å². The SMILES string of the molecule is COc1cccc(N=CC2C(=O)OC(C)(C)OC2=O)c1. The van der Waals surface area contributed by atoms with Gasteiger partial charge in [-0.05, 0) is 12.1 Å². The summed E-state index contributed by atoms with van der Waals surface area (Å²) in [5.74, 6) is -3.08. The molecule has 1 aromatic rings. The van der Waals surface area contributed by atoms with Crippen molar-refractivity contribution >= 4 is 23.8 Å². The third kappa shape index (κ3) is 3.14. The average molecular weight is 277 g/mol. The molecule has 1 heterocycles. The molecule has 1 aliphatic heterocycles. The van der Waals surface area contributed by atoms with Crippen molar-refractivity contribution in [2.75, 3.05) is 7.11 Å². The topological polar surface area (TPSA) is 74.2 Å². The van der Waals surface area contributed by atoms with Crippen molar-refractivity contribution in [1.29, 1.82) is 0 Å². The van der Waals surface area contributed by atoms with Crippen LogP contribution in [-0.2, 0) is 19.1 Å². The summed E-state index contributed by atoms with van der Waals surface area (Å²) >= 11 is 0. The lowest BCUT2D eigenvalue weighted by Crippen LogP contribution is -2.46. The number of cyclic esters (lactones) is 2. The monoisotopic (exact) mass is 277 g/mol. The maximum atomic E-state index is 11.7. The predicted octanol–water partition coefficient (Wildman–Crippen LogP) is 1.85. The molecule has 6 nitrogen and oxygen atoms in total. The highest BCUT2D eigenvalue weighted by Gasteiger charge is 2.42. The molecule has 0 unspecified atom stereocenters. The summed E-state index contributed by atoms with van der Waals surface area (Å²) in [5.41, 5.74) is 0.565. The number of esters is 2. The largest absolute Gasteiger partial charge is 0.497 e. The lowest BCUT2D eigenvalue weighted by molar-refractivity contribution is -0.235. The summed E-state index contributed by atoms with van der Waals surface area (Å²) in [5, 5.41) is 0. The molecule has 6 heteroatoms. The van der Waals surface area contributed by atoms with Gasteiger partial charge in [0.15, 0.2) is 5.92 Å². The van der Waals surface area contributed by atoms with Gasteiger partial charge in [-0.25, -0.2) is 0 Å². The van der Waals surface area contributed by atoms with Crippen LogP contribution in [0.4, 0.5) is 5.69 Å². The molecule has 1 aliphatic rings. The number of methoxy groups -OCH3 is 1. The summed E-state index contributed by atoms with van der Waals surface area (Å²) < 4.78 is 15.0. The molecule has 0 amide bonds. The standard InChI is InChI=1S/C14H15NO5/c1-14(2)19-12(16)11(13(17)20-14)8-15-9-5-4-6-10(7-9)18-3/h4-8,11H,1-3H3. The van der Waals surface area contributed by atoms with E-state index in [2.05, 4.69) is 4.99 Å². The fourth-order valence-corrected chi connectivity index (χ4v) is 1.70. The van der Waals surface area contributed by atoms with E-state index in [0.717, 1.165) is 0 Å². The second-order valence-electron chi connectivity index (χ2n) is 4.70. The minimum absolute atomic E-state index is 0.565. The lowest BCUT2D eigenvalue weighted by atomic mass is 10.1. The van der Waals surface area contributed by atoms with Crippen molar-refractivity contribution < 1.29 is 23.8 Å². The van der Waals surface area contributed by atoms with Gasteiger partial charge in [-0.3, -0.25) is 14.6 Å². The fraction of sp³-hybridized carbons (Fsp3) is 0.357. The Labute approximate surface area is 116 Å². The molecular weight excluding hydrogens is 262 g/mol. The number of hydrogen-bond acceptors (Lipinski definition) is 6. The van der Waals surface area contributed by atoms with Gasteiger partial charge >= 0.3 is 11.9 Å². The molecule has 0 N–H and O–H groups in total. The zero-order chi connectivity index (χ0) is 14.8. The first-order chi connectivity index (χ1) is 9.41. The van der Waals surface area contributed by atoms with Crippen LogP contribution in [0, 0.1) is 5.92 Å². The quantitative estimate of drug-likeness (QED) is 0.479. The van der Waals surface area contributed by atoms with E-state index in [9.17, 15) is 9.59 Å². The van der Waals surface area contributed by atoms with E-state index < -0.39 is 23.6 Å². The molecule has 1 aromatic carbocycles. The van der Waals surface area contributed by atoms with Gasteiger partial charge in [-0.1, -0.05) is 6.07 Å². The highest BCUT2D eigenvalue weighted by atomic mass is 16.7. The molecule has 1 saturated heterocycles. The van der Waals surface area contributed by atoms with Crippen molar-refractivity contribution in [3.63, 3.8) is 0 Å². The van der Waals surface area contributed by atoms with E-state index in [-0.39, 0.29) is 0 Å². The third-order valence-corrected chi connectivity index (χ3v) is 2.63. The maximum absolute atomic E-state index is 11.7. The number of benzene rings is 1. The van der Waals surface area contributed by atoms with Gasteiger partial charge in [0.1, 0.15) is 5.75 Å². The van der Waals surface area contributed by atoms with Crippen molar-refractivity contribution in [1.82, 2.24) is 0 Å². The summed E-state index contributed by atoms with van der Waals surface area (Å²) in [6.07, 6.45) is 1.22. The second-order valence-corrected chi connectivity index (χ2v) is 4.70. The Balaban J connectivity index is 2.14. The summed E-state index contributed by atoms with van der Waals surface area (Å²) in [6, 6.07) is 6.93. The number of ether oxygens (including phenoxy) is 3. The summed E-state index contributed by atoms with van der Waals surface area (Å²) in [7, 11) is 1.54. The van der Waals surface area contributed by atoms with E-state index in [4.69, 9.17) is 14.2 Å². The zero-order valence-corrected chi connectivity index (χ0v) is 11.5. The Morgan fingerprint density at radius 1 is 1.25 bits per heavy atom. The molecule has 20 heavy (non-hydrogen) atoms. The smallest absolute Gasteiger partial charge is 0.329 e. The number of carbonyl (C=O) groups excluding carboxylic acids is 2. The molecule has 0 bridgehead atoms. The number of rotatable bonds is 3. The lowest BCUT2D eigenvalue weighted by Gasteiger charge is -2.31. The Kier molecular flexibility index (Phi) is 3.74. The van der Waals surface area contributed by atoms with E-state index >= 15 is 0 Å². The minimum Gasteiger partial charge on any atom is -0.497 e. The number of nitrogens with zero attached hydrogens (tertiary/aromatic N) is 1. The van der Waals surface area contributed by atoms with Gasteiger partial charge in [0.25, 0.3) is 5.79 Å². The zero-order valence-electron chi connectivity index (χ0n) is 11.5. The van der Waals surface area contributed by atoms with Crippen LogP contribution >= 0.6 is 0 Å². The van der Waals surface area contributed by atoms with Crippen LogP contribution in [0.15, 0.2) is 29.3 Å². The van der Waals surface area contributed by atoms with Gasteiger partial charge in [0, 0.05) is 26.1 Å². The van der Waals surface area contributed by atoms with Crippen LogP contribution in [0.5, 0.6) is 5.75 Å². The van der Waals surface area contributed by atoms with E-state index in [1.54, 1.807) is 31.4 Å². The molecule has 0 atom stereocenters. The summed E-state index contributed by atoms with van der Waals surface area (Å²) in [4.78, 5) is 27.5. The number of carbonyl (C=O) groups is 2. The average Bonchev–Trinajstić information content (AvgIpc) is 2.36. The fourth-order valence-electron chi connectivity index (χ4n) is 1.70. The molecule has 0 radical (unpaired) electrons. The van der Waals surface area contributed by atoms with Gasteiger partial charge in [0.05, 0.1) is 12.8 Å². The van der Waals surface area contributed by atoms with Gasteiger partial charge in [-0.2, -0.15) is 0 Å². The normalized spacial score (nSPS) is 18.8. The van der Waals surface area contributed by atoms with Crippen molar-refractivity contribution in [3.05, 3.63) is 24.3 Å². The van der Waals surface area contributed by atoms with E-state index in [1.807, 2.05) is 0 Å². The van der Waals surface area contributed by atoms with Crippen LogP contribution in [0.3, 0.4) is 0 Å². The van der Waals surface area contributed by atoms with E-state index in [1.165, 1.54) is 20.1 Å². The van der Waals surface area contributed by atoms with Gasteiger partial charge in [0.2, 0.25) is 0 Å². The second kappa shape index (κ2) is 5.32. The van der Waals surface area contributed by atoms with Crippen molar-refractivity contribution in [2.45, 2.75) is 19.6 Å². The highest BCUT2D eigenvalue weighted by Crippen LogP contribution is 2.24. The van der Waals surface area contributed by atoms with E-state index in [0.29, 0.717) is 11.4 Å². The first kappa shape index (κ1) is 14.0. The Morgan fingerprint density at radius 3 is 2.50 bits per heavy atom. The number of aliphatic imine (C=N–C) groups is 1. The van der Waals surface area contributed by atoms with Crippen LogP contribution in [0.25, 0.3) is 0 Å². The highest BCUT2D eigenvalue weighted by molar-refractivity contribution is 6.10. The Bertz CT molecular complexity index is 544. The number of hydrogen-bond donors (Lipinski definition) is 0. The maximum Gasteiger partial charge on any atom is 0.329 e. The predicted molar refractivity (Wildman–Crippen MR) is 70.9 cm³/mol. The van der Waals surface area contributed by atoms with Crippen LogP contribution < -0.4 is 4.74 Å². The molecule has 0 saturated carbocycles. The Hall–Kier alpha value is -2.37. The van der Waals surface area contributed by atoms with Crippen molar-refractivity contribution in [2.24, 2.45) is 10.9 Å². The first-order valence-corrected chi connectivity index (χ1v) is 6.05. The Morgan fingerprint density at radius 2 is 1.90 bits per heavy atom. The molecule has 0 aromatic heterocycles. The first-order valence-electron chi connectivity index (χ1n) is 6.05.